The third-order valence-electron chi connectivity index (χ3n) is 3.67. The average molecular weight is 197 g/mol. The molecule has 0 spiro atoms. The van der Waals surface area contributed by atoms with Crippen molar-refractivity contribution in [1.82, 2.24) is 10.2 Å². The molecule has 2 aliphatic heterocycles. The molecule has 3 atom stereocenters. The van der Waals surface area contributed by atoms with Gasteiger partial charge in [0.25, 0.3) is 0 Å². The van der Waals surface area contributed by atoms with Gasteiger partial charge >= 0.3 is 0 Å². The first-order chi connectivity index (χ1) is 6.75. The molecule has 2 saturated heterocycles. The normalized spacial score (nSPS) is 40.3. The number of rotatable bonds is 2. The monoisotopic (exact) mass is 197 g/mol. The van der Waals surface area contributed by atoms with Crippen molar-refractivity contribution in [2.45, 2.75) is 50.7 Å². The Kier molecular flexibility index (Phi) is 3.42. The summed E-state index contributed by atoms with van der Waals surface area (Å²) in [7, 11) is 0. The number of likely N-dealkylation sites (tertiary alicyclic amines) is 1. The van der Waals surface area contributed by atoms with Crippen LogP contribution in [0.3, 0.4) is 0 Å². The first-order valence-corrected chi connectivity index (χ1v) is 5.98. The summed E-state index contributed by atoms with van der Waals surface area (Å²) in [5, 5.41) is 3.56. The van der Waals surface area contributed by atoms with E-state index in [4.69, 9.17) is 5.73 Å². The highest BCUT2D eigenvalue weighted by atomic mass is 15.2. The number of nitrogens with one attached hydrogen (secondary N) is 1. The van der Waals surface area contributed by atoms with Crippen molar-refractivity contribution in [3.05, 3.63) is 0 Å². The summed E-state index contributed by atoms with van der Waals surface area (Å²) < 4.78 is 0. The van der Waals surface area contributed by atoms with Crippen LogP contribution in [0.15, 0.2) is 0 Å². The molecule has 0 aromatic rings. The molecule has 14 heavy (non-hydrogen) atoms. The van der Waals surface area contributed by atoms with Gasteiger partial charge in [-0.15, -0.1) is 0 Å². The summed E-state index contributed by atoms with van der Waals surface area (Å²) in [4.78, 5) is 2.60. The van der Waals surface area contributed by atoms with Crippen LogP contribution in [0.4, 0.5) is 0 Å². The molecule has 0 aromatic heterocycles. The van der Waals surface area contributed by atoms with Crippen LogP contribution in [-0.2, 0) is 0 Å². The fourth-order valence-electron chi connectivity index (χ4n) is 2.72. The lowest BCUT2D eigenvalue weighted by Gasteiger charge is -2.37. The number of piperidine rings is 1. The number of nitrogens with zero attached hydrogens (tertiary/aromatic N) is 1. The molecule has 2 heterocycles. The molecule has 0 saturated carbocycles. The lowest BCUT2D eigenvalue weighted by Crippen LogP contribution is -2.49. The van der Waals surface area contributed by atoms with Gasteiger partial charge in [0.1, 0.15) is 0 Å². The second kappa shape index (κ2) is 4.60. The summed E-state index contributed by atoms with van der Waals surface area (Å²) in [5.74, 6) is 0. The minimum atomic E-state index is 0.442. The lowest BCUT2D eigenvalue weighted by atomic mass is 9.98. The molecule has 2 aliphatic rings. The minimum Gasteiger partial charge on any atom is -0.328 e. The molecule has 3 nitrogen and oxygen atoms in total. The summed E-state index contributed by atoms with van der Waals surface area (Å²) >= 11 is 0. The molecule has 82 valence electrons. The second-order valence-electron chi connectivity index (χ2n) is 4.92. The van der Waals surface area contributed by atoms with Gasteiger partial charge in [-0.2, -0.15) is 0 Å². The Morgan fingerprint density at radius 2 is 2.29 bits per heavy atom. The molecule has 3 heteroatoms. The summed E-state index contributed by atoms with van der Waals surface area (Å²) in [5.41, 5.74) is 5.95. The maximum Gasteiger partial charge on any atom is 0.0195 e. The molecule has 0 aliphatic carbocycles. The molecule has 2 rings (SSSR count). The van der Waals surface area contributed by atoms with Crippen LogP contribution < -0.4 is 11.1 Å². The van der Waals surface area contributed by atoms with Crippen molar-refractivity contribution in [3.63, 3.8) is 0 Å². The number of hydrogen-bond acceptors (Lipinski definition) is 3. The first kappa shape index (κ1) is 10.4. The topological polar surface area (TPSA) is 41.3 Å². The van der Waals surface area contributed by atoms with Gasteiger partial charge in [0.2, 0.25) is 0 Å². The lowest BCUT2D eigenvalue weighted by molar-refractivity contribution is 0.136. The van der Waals surface area contributed by atoms with E-state index >= 15 is 0 Å². The Morgan fingerprint density at radius 1 is 1.43 bits per heavy atom. The van der Waals surface area contributed by atoms with Gasteiger partial charge in [0.15, 0.2) is 0 Å². The van der Waals surface area contributed by atoms with E-state index in [1.165, 1.54) is 45.3 Å². The highest BCUT2D eigenvalue weighted by Gasteiger charge is 2.26. The smallest absolute Gasteiger partial charge is 0.0195 e. The Hall–Kier alpha value is -0.120. The highest BCUT2D eigenvalue weighted by Crippen LogP contribution is 2.17. The summed E-state index contributed by atoms with van der Waals surface area (Å²) in [6, 6.07) is 1.87. The molecule has 0 radical (unpaired) electrons. The number of nitrogens with two attached hydrogens (primary N) is 1. The zero-order chi connectivity index (χ0) is 9.97. The van der Waals surface area contributed by atoms with Crippen LogP contribution >= 0.6 is 0 Å². The first-order valence-electron chi connectivity index (χ1n) is 5.98. The largest absolute Gasteiger partial charge is 0.328 e. The molecule has 3 N–H and O–H groups in total. The maximum absolute atomic E-state index is 5.95. The van der Waals surface area contributed by atoms with Gasteiger partial charge in [-0.1, -0.05) is 0 Å². The Bertz CT molecular complexity index is 177. The van der Waals surface area contributed by atoms with Crippen molar-refractivity contribution in [2.75, 3.05) is 19.6 Å². The quantitative estimate of drug-likeness (QED) is 0.679. The molecular formula is C11H23N3. The average Bonchev–Trinajstić information content (AvgIpc) is 2.62. The fourth-order valence-corrected chi connectivity index (χ4v) is 2.72. The molecule has 2 unspecified atom stereocenters. The van der Waals surface area contributed by atoms with Crippen molar-refractivity contribution >= 4 is 0 Å². The standard InChI is InChI=1S/C11H23N3/c1-9-7-10(12)4-6-14(9)8-11-3-2-5-13-11/h9-11,13H,2-8,12H2,1H3/t9?,10?,11-/m0/s1. The van der Waals surface area contributed by atoms with Gasteiger partial charge in [-0.25, -0.2) is 0 Å². The van der Waals surface area contributed by atoms with E-state index in [-0.39, 0.29) is 0 Å². The van der Waals surface area contributed by atoms with Crippen LogP contribution in [0.1, 0.15) is 32.6 Å². The van der Waals surface area contributed by atoms with E-state index in [1.807, 2.05) is 0 Å². The van der Waals surface area contributed by atoms with E-state index < -0.39 is 0 Å². The fraction of sp³-hybridized carbons (Fsp3) is 1.00. The Labute approximate surface area is 87.0 Å². The van der Waals surface area contributed by atoms with Crippen molar-refractivity contribution < 1.29 is 0 Å². The van der Waals surface area contributed by atoms with Crippen molar-refractivity contribution in [2.24, 2.45) is 5.73 Å². The minimum absolute atomic E-state index is 0.442. The van der Waals surface area contributed by atoms with Crippen LogP contribution in [0.2, 0.25) is 0 Å². The molecule has 0 aromatic carbocycles. The molecule has 0 bridgehead atoms. The Balaban J connectivity index is 1.79. The predicted octanol–water partition coefficient (Wildman–Crippen LogP) is 0.550. The van der Waals surface area contributed by atoms with E-state index in [1.54, 1.807) is 0 Å². The molecule has 0 amide bonds. The van der Waals surface area contributed by atoms with E-state index in [0.29, 0.717) is 12.1 Å². The summed E-state index contributed by atoms with van der Waals surface area (Å²) in [6.07, 6.45) is 5.06. The third-order valence-corrected chi connectivity index (χ3v) is 3.67. The van der Waals surface area contributed by atoms with Crippen LogP contribution in [0.5, 0.6) is 0 Å². The predicted molar refractivity (Wildman–Crippen MR) is 59.3 cm³/mol. The van der Waals surface area contributed by atoms with Gasteiger partial charge in [0, 0.05) is 24.7 Å². The van der Waals surface area contributed by atoms with E-state index in [2.05, 4.69) is 17.1 Å². The van der Waals surface area contributed by atoms with Crippen molar-refractivity contribution in [3.8, 4) is 0 Å². The number of hydrogen-bond donors (Lipinski definition) is 2. The second-order valence-corrected chi connectivity index (χ2v) is 4.92. The van der Waals surface area contributed by atoms with Crippen LogP contribution in [-0.4, -0.2) is 42.7 Å². The van der Waals surface area contributed by atoms with Gasteiger partial charge in [-0.05, 0) is 45.7 Å². The Morgan fingerprint density at radius 3 is 2.93 bits per heavy atom. The van der Waals surface area contributed by atoms with Gasteiger partial charge in [0.05, 0.1) is 0 Å². The van der Waals surface area contributed by atoms with Crippen LogP contribution in [0, 0.1) is 0 Å². The molecule has 2 fully saturated rings. The zero-order valence-corrected chi connectivity index (χ0v) is 9.21. The van der Waals surface area contributed by atoms with Gasteiger partial charge in [-0.3, -0.25) is 4.90 Å². The van der Waals surface area contributed by atoms with E-state index in [9.17, 15) is 0 Å². The zero-order valence-electron chi connectivity index (χ0n) is 9.21. The SMILES string of the molecule is CC1CC(N)CCN1C[C@@H]1CCCN1. The van der Waals surface area contributed by atoms with E-state index in [0.717, 1.165) is 6.04 Å². The maximum atomic E-state index is 5.95. The highest BCUT2D eigenvalue weighted by molar-refractivity contribution is 4.85. The van der Waals surface area contributed by atoms with Gasteiger partial charge < -0.3 is 11.1 Å². The van der Waals surface area contributed by atoms with Crippen LogP contribution in [0.25, 0.3) is 0 Å². The third kappa shape index (κ3) is 2.47. The van der Waals surface area contributed by atoms with Crippen molar-refractivity contribution in [1.29, 1.82) is 0 Å². The summed E-state index contributed by atoms with van der Waals surface area (Å²) in [6.45, 7) is 5.95. The molecular weight excluding hydrogens is 174 g/mol.